The van der Waals surface area contributed by atoms with Crippen LogP contribution < -0.4 is 10.6 Å². The van der Waals surface area contributed by atoms with E-state index < -0.39 is 5.60 Å². The number of nitrogen functional groups attached to an aromatic ring is 1. The Hall–Kier alpha value is -1.69. The van der Waals surface area contributed by atoms with Gasteiger partial charge in [-0.25, -0.2) is 4.79 Å². The fourth-order valence-corrected chi connectivity index (χ4v) is 2.54. The van der Waals surface area contributed by atoms with Crippen molar-refractivity contribution in [1.29, 1.82) is 0 Å². The lowest BCUT2D eigenvalue weighted by Crippen LogP contribution is -2.50. The number of amides is 1. The van der Waals surface area contributed by atoms with Gasteiger partial charge in [-0.15, -0.1) is 0 Å². The Balaban J connectivity index is 0.00000127. The van der Waals surface area contributed by atoms with E-state index in [-0.39, 0.29) is 6.09 Å². The molecule has 2 N–H and O–H groups in total. The van der Waals surface area contributed by atoms with Gasteiger partial charge in [-0.3, -0.25) is 4.39 Å². The average molecular weight is 346 g/mol. The molecule has 0 saturated carbocycles. The number of hydrogen-bond donors (Lipinski definition) is 1. The second kappa shape index (κ2) is 8.24. The number of halogens is 2. The summed E-state index contributed by atoms with van der Waals surface area (Å²) >= 11 is 6.22. The van der Waals surface area contributed by atoms with Gasteiger partial charge < -0.3 is 20.3 Å². The first-order chi connectivity index (χ1) is 10.8. The van der Waals surface area contributed by atoms with Crippen LogP contribution in [0.5, 0.6) is 0 Å². The molecular formula is C16H25ClFN3O2. The monoisotopic (exact) mass is 345 g/mol. The summed E-state index contributed by atoms with van der Waals surface area (Å²) in [6.45, 7) is 8.30. The van der Waals surface area contributed by atoms with Crippen LogP contribution in [-0.4, -0.2) is 50.0 Å². The normalized spacial score (nSPS) is 14.9. The average Bonchev–Trinajstić information content (AvgIpc) is 2.48. The van der Waals surface area contributed by atoms with E-state index in [9.17, 15) is 9.18 Å². The van der Waals surface area contributed by atoms with Gasteiger partial charge in [-0.1, -0.05) is 11.6 Å². The standard InChI is InChI=1S/C15H22ClN3O2.CH3F/c1-15(2,3)21-14(20)19-8-6-18(7-9-19)13-5-4-11(17)10-12(13)16;1-2/h4-5,10H,6-9,17H2,1-3H3;1H3. The van der Waals surface area contributed by atoms with Crippen molar-refractivity contribution in [2.75, 3.05) is 44.0 Å². The quantitative estimate of drug-likeness (QED) is 0.790. The summed E-state index contributed by atoms with van der Waals surface area (Å²) in [6.07, 6.45) is -0.259. The van der Waals surface area contributed by atoms with Crippen molar-refractivity contribution in [1.82, 2.24) is 4.90 Å². The molecule has 0 spiro atoms. The van der Waals surface area contributed by atoms with Crippen molar-refractivity contribution in [2.24, 2.45) is 0 Å². The topological polar surface area (TPSA) is 58.8 Å². The Kier molecular flexibility index (Phi) is 6.94. The van der Waals surface area contributed by atoms with E-state index in [2.05, 4.69) is 4.90 Å². The van der Waals surface area contributed by atoms with E-state index in [0.29, 0.717) is 31.0 Å². The van der Waals surface area contributed by atoms with Gasteiger partial charge in [0, 0.05) is 31.9 Å². The van der Waals surface area contributed by atoms with E-state index in [4.69, 9.17) is 22.1 Å². The molecule has 1 amide bonds. The molecule has 1 fully saturated rings. The third-order valence-corrected chi connectivity index (χ3v) is 3.55. The molecule has 0 unspecified atom stereocenters. The van der Waals surface area contributed by atoms with Crippen LogP contribution in [0.3, 0.4) is 0 Å². The highest BCUT2D eigenvalue weighted by Gasteiger charge is 2.26. The van der Waals surface area contributed by atoms with Crippen molar-refractivity contribution in [3.05, 3.63) is 23.2 Å². The number of nitrogens with two attached hydrogens (primary N) is 1. The predicted molar refractivity (Wildman–Crippen MR) is 92.9 cm³/mol. The number of carbonyl (C=O) groups excluding carboxylic acids is 1. The highest BCUT2D eigenvalue weighted by molar-refractivity contribution is 6.33. The van der Waals surface area contributed by atoms with E-state index in [1.807, 2.05) is 32.9 Å². The SMILES string of the molecule is CC(C)(C)OC(=O)N1CCN(c2ccc(N)cc2Cl)CC1.CF. The minimum Gasteiger partial charge on any atom is -0.444 e. The van der Waals surface area contributed by atoms with Crippen LogP contribution in [-0.2, 0) is 4.74 Å². The maximum Gasteiger partial charge on any atom is 0.410 e. The Morgan fingerprint density at radius 1 is 1.22 bits per heavy atom. The Bertz CT molecular complexity index is 527. The second-order valence-electron chi connectivity index (χ2n) is 6.17. The van der Waals surface area contributed by atoms with Gasteiger partial charge in [0.1, 0.15) is 5.60 Å². The molecule has 1 heterocycles. The molecule has 130 valence electrons. The molecule has 1 aromatic carbocycles. The number of nitrogens with zero attached hydrogens (tertiary/aromatic N) is 2. The van der Waals surface area contributed by atoms with E-state index >= 15 is 0 Å². The van der Waals surface area contributed by atoms with Gasteiger partial charge in [-0.2, -0.15) is 0 Å². The molecule has 7 heteroatoms. The van der Waals surface area contributed by atoms with Crippen LogP contribution >= 0.6 is 11.6 Å². The molecule has 0 radical (unpaired) electrons. The van der Waals surface area contributed by atoms with Crippen LogP contribution in [0.25, 0.3) is 0 Å². The minimum absolute atomic E-state index is 0.259. The van der Waals surface area contributed by atoms with Crippen molar-refractivity contribution in [3.63, 3.8) is 0 Å². The van der Waals surface area contributed by atoms with Crippen LogP contribution in [0.15, 0.2) is 18.2 Å². The highest BCUT2D eigenvalue weighted by atomic mass is 35.5. The van der Waals surface area contributed by atoms with Crippen LogP contribution in [0.1, 0.15) is 20.8 Å². The first-order valence-electron chi connectivity index (χ1n) is 7.42. The maximum atomic E-state index is 12.0. The zero-order chi connectivity index (χ0) is 17.6. The summed E-state index contributed by atoms with van der Waals surface area (Å²) < 4.78 is 14.9. The van der Waals surface area contributed by atoms with Gasteiger partial charge in [0.2, 0.25) is 0 Å². The van der Waals surface area contributed by atoms with Crippen molar-refractivity contribution >= 4 is 29.1 Å². The lowest BCUT2D eigenvalue weighted by atomic mass is 10.2. The number of hydrogen-bond acceptors (Lipinski definition) is 4. The van der Waals surface area contributed by atoms with Gasteiger partial charge in [0.25, 0.3) is 0 Å². The molecule has 1 aliphatic heterocycles. The number of benzene rings is 1. The molecule has 23 heavy (non-hydrogen) atoms. The zero-order valence-electron chi connectivity index (χ0n) is 14.1. The van der Waals surface area contributed by atoms with Gasteiger partial charge in [0.05, 0.1) is 17.9 Å². The molecule has 0 atom stereocenters. The molecule has 5 nitrogen and oxygen atoms in total. The summed E-state index contributed by atoms with van der Waals surface area (Å²) in [4.78, 5) is 15.9. The third kappa shape index (κ3) is 5.78. The highest BCUT2D eigenvalue weighted by Crippen LogP contribution is 2.28. The Morgan fingerprint density at radius 3 is 2.26 bits per heavy atom. The van der Waals surface area contributed by atoms with Gasteiger partial charge >= 0.3 is 6.09 Å². The number of rotatable bonds is 1. The minimum atomic E-state index is -0.464. The van der Waals surface area contributed by atoms with Gasteiger partial charge in [-0.05, 0) is 39.0 Å². The zero-order valence-corrected chi connectivity index (χ0v) is 14.9. The first-order valence-corrected chi connectivity index (χ1v) is 7.80. The smallest absolute Gasteiger partial charge is 0.410 e. The molecule has 1 aromatic rings. The van der Waals surface area contributed by atoms with Crippen LogP contribution in [0.4, 0.5) is 20.6 Å². The van der Waals surface area contributed by atoms with E-state index in [0.717, 1.165) is 18.8 Å². The summed E-state index contributed by atoms with van der Waals surface area (Å²) in [5.41, 5.74) is 6.84. The second-order valence-corrected chi connectivity index (χ2v) is 6.57. The van der Waals surface area contributed by atoms with E-state index in [1.165, 1.54) is 0 Å². The summed E-state index contributed by atoms with van der Waals surface area (Å²) in [5.74, 6) is 0. The lowest BCUT2D eigenvalue weighted by molar-refractivity contribution is 0.0240. The van der Waals surface area contributed by atoms with Crippen LogP contribution in [0, 0.1) is 0 Å². The van der Waals surface area contributed by atoms with Crippen LogP contribution in [0.2, 0.25) is 5.02 Å². The molecule has 0 aromatic heterocycles. The molecule has 0 aliphatic carbocycles. The number of alkyl halides is 1. The fourth-order valence-electron chi connectivity index (χ4n) is 2.24. The van der Waals surface area contributed by atoms with Gasteiger partial charge in [0.15, 0.2) is 0 Å². The number of ether oxygens (including phenoxy) is 1. The van der Waals surface area contributed by atoms with E-state index in [1.54, 1.807) is 11.0 Å². The fraction of sp³-hybridized carbons (Fsp3) is 0.562. The number of carbonyl (C=O) groups is 1. The first kappa shape index (κ1) is 19.4. The molecular weight excluding hydrogens is 321 g/mol. The summed E-state index contributed by atoms with van der Waals surface area (Å²) in [5, 5.41) is 0.640. The maximum absolute atomic E-state index is 12.0. The molecule has 0 bridgehead atoms. The molecule has 2 rings (SSSR count). The van der Waals surface area contributed by atoms with Crippen molar-refractivity contribution < 1.29 is 13.9 Å². The Labute approximate surface area is 142 Å². The largest absolute Gasteiger partial charge is 0.444 e. The Morgan fingerprint density at radius 2 is 1.78 bits per heavy atom. The molecule has 1 aliphatic rings. The number of anilines is 2. The van der Waals surface area contributed by atoms with Crippen molar-refractivity contribution in [3.8, 4) is 0 Å². The predicted octanol–water partition coefficient (Wildman–Crippen LogP) is 3.57. The van der Waals surface area contributed by atoms with Crippen molar-refractivity contribution in [2.45, 2.75) is 26.4 Å². The lowest BCUT2D eigenvalue weighted by Gasteiger charge is -2.37. The number of piperazine rings is 1. The summed E-state index contributed by atoms with van der Waals surface area (Å²) in [6, 6.07) is 5.50. The summed E-state index contributed by atoms with van der Waals surface area (Å²) in [7, 11) is 0.500. The molecule has 1 saturated heterocycles. The third-order valence-electron chi connectivity index (χ3n) is 3.24.